The second-order valence-corrected chi connectivity index (χ2v) is 6.26. The molecule has 1 heterocycles. The number of halogens is 2. The maximum atomic E-state index is 13.0. The number of nitrogens with zero attached hydrogens (tertiary/aromatic N) is 2. The van der Waals surface area contributed by atoms with Crippen molar-refractivity contribution in [3.63, 3.8) is 0 Å². The topological polar surface area (TPSA) is 58.4 Å². The first kappa shape index (κ1) is 18.1. The van der Waals surface area contributed by atoms with E-state index in [4.69, 9.17) is 16.0 Å². The highest BCUT2D eigenvalue weighted by molar-refractivity contribution is 6.33. The lowest BCUT2D eigenvalue weighted by molar-refractivity contribution is -0.117. The fourth-order valence-corrected chi connectivity index (χ4v) is 2.62. The minimum Gasteiger partial charge on any atom is -0.444 e. The van der Waals surface area contributed by atoms with E-state index in [0.29, 0.717) is 34.4 Å². The fraction of sp³-hybridized carbons (Fsp3) is 0.158. The first-order valence-corrected chi connectivity index (χ1v) is 8.32. The third kappa shape index (κ3) is 4.68. The Hall–Kier alpha value is -2.70. The minimum atomic E-state index is -0.315. The maximum Gasteiger partial charge on any atom is 0.238 e. The van der Waals surface area contributed by atoms with Crippen LogP contribution in [0.15, 0.2) is 59.2 Å². The van der Waals surface area contributed by atoms with Gasteiger partial charge in [-0.25, -0.2) is 9.37 Å². The molecule has 7 heteroatoms. The first-order chi connectivity index (χ1) is 12.5. The number of hydrogen-bond acceptors (Lipinski definition) is 4. The lowest BCUT2D eigenvalue weighted by Gasteiger charge is -2.15. The molecule has 2 aromatic carbocycles. The van der Waals surface area contributed by atoms with Crippen LogP contribution >= 0.6 is 11.6 Å². The zero-order valence-corrected chi connectivity index (χ0v) is 14.8. The van der Waals surface area contributed by atoms with Gasteiger partial charge in [-0.1, -0.05) is 23.7 Å². The highest BCUT2D eigenvalue weighted by Gasteiger charge is 2.12. The van der Waals surface area contributed by atoms with Gasteiger partial charge in [0.1, 0.15) is 12.1 Å². The number of carbonyl (C=O) groups excluding carboxylic acids is 1. The summed E-state index contributed by atoms with van der Waals surface area (Å²) < 4.78 is 18.4. The van der Waals surface area contributed by atoms with E-state index in [9.17, 15) is 9.18 Å². The molecule has 0 saturated heterocycles. The molecule has 0 saturated carbocycles. The molecule has 0 aliphatic heterocycles. The summed E-state index contributed by atoms with van der Waals surface area (Å²) in [5.41, 5.74) is 1.95. The number of para-hydroxylation sites is 1. The molecule has 1 aromatic heterocycles. The summed E-state index contributed by atoms with van der Waals surface area (Å²) in [7, 11) is 1.80. The van der Waals surface area contributed by atoms with Gasteiger partial charge in [0.25, 0.3) is 0 Å². The van der Waals surface area contributed by atoms with Gasteiger partial charge in [0.2, 0.25) is 11.8 Å². The molecule has 26 heavy (non-hydrogen) atoms. The van der Waals surface area contributed by atoms with Crippen LogP contribution in [-0.2, 0) is 11.3 Å². The summed E-state index contributed by atoms with van der Waals surface area (Å²) in [6.45, 7) is 0.602. The summed E-state index contributed by atoms with van der Waals surface area (Å²) in [6, 6.07) is 13.0. The molecule has 3 rings (SSSR count). The number of carbonyl (C=O) groups is 1. The SMILES string of the molecule is CN(CC(=O)Nc1ccccc1Cl)Cc1coc(-c2ccc(F)cc2)n1. The van der Waals surface area contributed by atoms with Crippen LogP contribution in [0.5, 0.6) is 0 Å². The van der Waals surface area contributed by atoms with Gasteiger partial charge < -0.3 is 9.73 Å². The molecule has 0 aliphatic carbocycles. The Kier molecular flexibility index (Phi) is 5.65. The Morgan fingerprint density at radius 3 is 2.69 bits per heavy atom. The van der Waals surface area contributed by atoms with Crippen molar-refractivity contribution in [3.8, 4) is 11.5 Å². The van der Waals surface area contributed by atoms with E-state index < -0.39 is 0 Å². The molecule has 0 radical (unpaired) electrons. The molecule has 0 bridgehead atoms. The van der Waals surface area contributed by atoms with E-state index in [1.807, 2.05) is 0 Å². The van der Waals surface area contributed by atoms with Crippen molar-refractivity contribution in [3.05, 3.63) is 71.3 Å². The van der Waals surface area contributed by atoms with Crippen molar-refractivity contribution >= 4 is 23.2 Å². The number of amides is 1. The lowest BCUT2D eigenvalue weighted by atomic mass is 10.2. The van der Waals surface area contributed by atoms with Crippen molar-refractivity contribution in [1.82, 2.24) is 9.88 Å². The van der Waals surface area contributed by atoms with Gasteiger partial charge in [0, 0.05) is 12.1 Å². The van der Waals surface area contributed by atoms with Gasteiger partial charge in [-0.15, -0.1) is 0 Å². The number of aromatic nitrogens is 1. The van der Waals surface area contributed by atoms with Crippen LogP contribution in [0.2, 0.25) is 5.02 Å². The van der Waals surface area contributed by atoms with E-state index in [1.165, 1.54) is 18.4 Å². The molecular formula is C19H17ClFN3O2. The Bertz CT molecular complexity index is 896. The quantitative estimate of drug-likeness (QED) is 0.703. The number of benzene rings is 2. The van der Waals surface area contributed by atoms with Gasteiger partial charge in [-0.2, -0.15) is 0 Å². The van der Waals surface area contributed by atoms with E-state index >= 15 is 0 Å². The average molecular weight is 374 g/mol. The van der Waals surface area contributed by atoms with Gasteiger partial charge in [0.15, 0.2) is 0 Å². The fourth-order valence-electron chi connectivity index (χ4n) is 2.43. The maximum absolute atomic E-state index is 13.0. The number of oxazole rings is 1. The number of nitrogens with one attached hydrogen (secondary N) is 1. The van der Waals surface area contributed by atoms with Crippen LogP contribution in [0.4, 0.5) is 10.1 Å². The number of rotatable bonds is 6. The zero-order valence-electron chi connectivity index (χ0n) is 14.1. The molecule has 0 atom stereocenters. The third-order valence-electron chi connectivity index (χ3n) is 3.64. The Labute approximate surface area is 155 Å². The van der Waals surface area contributed by atoms with Crippen molar-refractivity contribution in [1.29, 1.82) is 0 Å². The second-order valence-electron chi connectivity index (χ2n) is 5.85. The van der Waals surface area contributed by atoms with Crippen LogP contribution in [0, 0.1) is 5.82 Å². The number of anilines is 1. The molecule has 5 nitrogen and oxygen atoms in total. The Morgan fingerprint density at radius 1 is 1.23 bits per heavy atom. The van der Waals surface area contributed by atoms with E-state index in [0.717, 1.165) is 0 Å². The third-order valence-corrected chi connectivity index (χ3v) is 3.97. The van der Waals surface area contributed by atoms with Crippen molar-refractivity contribution in [2.24, 2.45) is 0 Å². The van der Waals surface area contributed by atoms with Crippen LogP contribution in [0.3, 0.4) is 0 Å². The summed E-state index contributed by atoms with van der Waals surface area (Å²) in [4.78, 5) is 18.3. The largest absolute Gasteiger partial charge is 0.444 e. The molecule has 3 aromatic rings. The van der Waals surface area contributed by atoms with Gasteiger partial charge >= 0.3 is 0 Å². The van der Waals surface area contributed by atoms with Crippen molar-refractivity contribution in [2.45, 2.75) is 6.54 Å². The van der Waals surface area contributed by atoms with Crippen molar-refractivity contribution < 1.29 is 13.6 Å². The van der Waals surface area contributed by atoms with Crippen LogP contribution in [0.1, 0.15) is 5.69 Å². The van der Waals surface area contributed by atoms with Crippen LogP contribution in [-0.4, -0.2) is 29.4 Å². The van der Waals surface area contributed by atoms with Crippen LogP contribution in [0.25, 0.3) is 11.5 Å². The molecule has 0 unspecified atom stereocenters. The van der Waals surface area contributed by atoms with E-state index in [-0.39, 0.29) is 18.3 Å². The zero-order chi connectivity index (χ0) is 18.5. The van der Waals surface area contributed by atoms with Gasteiger partial charge in [0.05, 0.1) is 22.9 Å². The van der Waals surface area contributed by atoms with Gasteiger partial charge in [-0.05, 0) is 43.4 Å². The summed E-state index contributed by atoms with van der Waals surface area (Å²) in [5.74, 6) is -0.0819. The molecule has 0 fully saturated rings. The van der Waals surface area contributed by atoms with Gasteiger partial charge in [-0.3, -0.25) is 9.69 Å². The molecule has 1 amide bonds. The van der Waals surface area contributed by atoms with Crippen LogP contribution < -0.4 is 5.32 Å². The smallest absolute Gasteiger partial charge is 0.238 e. The molecular weight excluding hydrogens is 357 g/mol. The molecule has 0 spiro atoms. The number of likely N-dealkylation sites (N-methyl/N-ethyl adjacent to an activating group) is 1. The lowest BCUT2D eigenvalue weighted by Crippen LogP contribution is -2.30. The summed E-state index contributed by atoms with van der Waals surface area (Å²) in [6.07, 6.45) is 1.53. The van der Waals surface area contributed by atoms with Crippen molar-refractivity contribution in [2.75, 3.05) is 18.9 Å². The second kappa shape index (κ2) is 8.12. The predicted octanol–water partition coefficient (Wildman–Crippen LogP) is 4.20. The monoisotopic (exact) mass is 373 g/mol. The first-order valence-electron chi connectivity index (χ1n) is 7.94. The predicted molar refractivity (Wildman–Crippen MR) is 98.3 cm³/mol. The highest BCUT2D eigenvalue weighted by atomic mass is 35.5. The van der Waals surface area contributed by atoms with E-state index in [2.05, 4.69) is 10.3 Å². The molecule has 1 N–H and O–H groups in total. The minimum absolute atomic E-state index is 0.171. The highest BCUT2D eigenvalue weighted by Crippen LogP contribution is 2.21. The Morgan fingerprint density at radius 2 is 1.96 bits per heavy atom. The summed E-state index contributed by atoms with van der Waals surface area (Å²) in [5, 5.41) is 3.26. The van der Waals surface area contributed by atoms with E-state index in [1.54, 1.807) is 48.3 Å². The standard InChI is InChI=1S/C19H17ClFN3O2/c1-24(11-18(25)23-17-5-3-2-4-16(17)20)10-15-12-26-19(22-15)13-6-8-14(21)9-7-13/h2-9,12H,10-11H2,1H3,(H,23,25). The number of hydrogen-bond donors (Lipinski definition) is 1. The molecule has 0 aliphatic rings. The summed E-state index contributed by atoms with van der Waals surface area (Å²) >= 11 is 6.03. The Balaban J connectivity index is 1.56. The molecule has 134 valence electrons. The normalized spacial score (nSPS) is 10.9. The average Bonchev–Trinajstić information content (AvgIpc) is 3.05.